The number of carbonyl (C=O) groups excluding carboxylic acids is 1. The van der Waals surface area contributed by atoms with Crippen LogP contribution in [0.3, 0.4) is 0 Å². The summed E-state index contributed by atoms with van der Waals surface area (Å²) in [6, 6.07) is 11.2. The van der Waals surface area contributed by atoms with Crippen molar-refractivity contribution in [2.45, 2.75) is 70.6 Å². The molecule has 1 saturated heterocycles. The molecule has 260 valence electrons. The van der Waals surface area contributed by atoms with E-state index in [1.165, 1.54) is 54.2 Å². The molecule has 2 fully saturated rings. The smallest absolute Gasteiger partial charge is 0.406 e. The van der Waals surface area contributed by atoms with Gasteiger partial charge in [-0.05, 0) is 94.0 Å². The molecule has 1 amide bonds. The largest absolute Gasteiger partial charge is 0.573 e. The van der Waals surface area contributed by atoms with E-state index >= 15 is 0 Å². The van der Waals surface area contributed by atoms with Crippen LogP contribution < -0.4 is 19.8 Å². The van der Waals surface area contributed by atoms with E-state index in [0.29, 0.717) is 16.6 Å². The first-order valence-corrected chi connectivity index (χ1v) is 17.4. The molecule has 1 saturated carbocycles. The maximum absolute atomic E-state index is 13.7. The van der Waals surface area contributed by atoms with E-state index < -0.39 is 52.2 Å². The molecular formula is C33H35BF4N4O6S. The molecule has 4 aromatic rings. The Hall–Kier alpha value is -4.15. The lowest BCUT2D eigenvalue weighted by Crippen LogP contribution is -2.41. The van der Waals surface area contributed by atoms with E-state index in [1.807, 2.05) is 0 Å². The Morgan fingerprint density at radius 3 is 2.27 bits per heavy atom. The van der Waals surface area contributed by atoms with Crippen LogP contribution in [0.25, 0.3) is 16.8 Å². The molecule has 49 heavy (non-hydrogen) atoms. The second kappa shape index (κ2) is 12.0. The normalized spacial score (nSPS) is 17.4. The summed E-state index contributed by atoms with van der Waals surface area (Å²) in [7, 11) is -3.74. The zero-order valence-corrected chi connectivity index (χ0v) is 28.5. The number of halogens is 4. The fraction of sp³-hybridized carbons (Fsp3) is 0.394. The maximum atomic E-state index is 13.7. The maximum Gasteiger partial charge on any atom is 0.573 e. The van der Waals surface area contributed by atoms with Crippen molar-refractivity contribution in [1.82, 2.24) is 14.9 Å². The van der Waals surface area contributed by atoms with E-state index in [0.717, 1.165) is 29.5 Å². The van der Waals surface area contributed by atoms with Gasteiger partial charge in [-0.3, -0.25) is 9.10 Å². The molecule has 1 aliphatic heterocycles. The number of sulfonamides is 1. The van der Waals surface area contributed by atoms with Gasteiger partial charge < -0.3 is 19.4 Å². The SMILES string of the molecule is CNC(=O)c1c(-c2ccc(F)cc2)nn2cc(N(Cc3ccc(B4OC(C)(C)C(C)(C)O4)c(OC(F)(F)F)c3)S(C)(=O)=O)c(C3CC3)cc12. The standard InChI is InChI=1S/C33H35BF4N4O6S/c1-31(2)32(3,4)48-34(47-31)24-14-7-19(15-27(24)46-33(36,37)38)17-42(49(6,44)45)26-18-41-25(16-23(26)20-8-9-20)28(30(43)39-5)29(40-41)21-10-12-22(35)13-11-21/h7,10-16,18,20H,8-9,17H2,1-6H3,(H,39,43). The number of anilines is 1. The van der Waals surface area contributed by atoms with Gasteiger partial charge in [0.05, 0.1) is 47.0 Å². The van der Waals surface area contributed by atoms with Crippen molar-refractivity contribution >= 4 is 39.7 Å². The van der Waals surface area contributed by atoms with E-state index in [-0.39, 0.29) is 40.4 Å². The van der Waals surface area contributed by atoms with Crippen molar-refractivity contribution in [2.24, 2.45) is 0 Å². The number of aromatic nitrogens is 2. The van der Waals surface area contributed by atoms with E-state index in [1.54, 1.807) is 33.8 Å². The number of ether oxygens (including phenoxy) is 1. The Morgan fingerprint density at radius 2 is 1.71 bits per heavy atom. The van der Waals surface area contributed by atoms with Crippen LogP contribution >= 0.6 is 0 Å². The van der Waals surface area contributed by atoms with Gasteiger partial charge in [0.2, 0.25) is 10.0 Å². The van der Waals surface area contributed by atoms with Gasteiger partial charge in [-0.25, -0.2) is 17.3 Å². The zero-order chi connectivity index (χ0) is 35.7. The molecule has 0 unspecified atom stereocenters. The molecule has 0 radical (unpaired) electrons. The topological polar surface area (TPSA) is 111 Å². The van der Waals surface area contributed by atoms with Crippen molar-refractivity contribution < 1.29 is 44.8 Å². The number of nitrogens with one attached hydrogen (secondary N) is 1. The summed E-state index contributed by atoms with van der Waals surface area (Å²) in [4.78, 5) is 13.1. The quantitative estimate of drug-likeness (QED) is 0.180. The minimum Gasteiger partial charge on any atom is -0.406 e. The van der Waals surface area contributed by atoms with Gasteiger partial charge >= 0.3 is 13.5 Å². The van der Waals surface area contributed by atoms with Crippen molar-refractivity contribution in [2.75, 3.05) is 17.6 Å². The lowest BCUT2D eigenvalue weighted by molar-refractivity contribution is -0.274. The number of fused-ring (bicyclic) bond motifs is 1. The van der Waals surface area contributed by atoms with Crippen LogP contribution in [0, 0.1) is 5.82 Å². The van der Waals surface area contributed by atoms with Gasteiger partial charge in [-0.1, -0.05) is 12.1 Å². The van der Waals surface area contributed by atoms with E-state index in [2.05, 4.69) is 15.2 Å². The molecule has 2 aliphatic rings. The summed E-state index contributed by atoms with van der Waals surface area (Å²) in [5, 5.41) is 7.22. The van der Waals surface area contributed by atoms with Gasteiger partial charge in [0.15, 0.2) is 0 Å². The number of hydrogen-bond acceptors (Lipinski definition) is 7. The number of hydrogen-bond donors (Lipinski definition) is 1. The Labute approximate surface area is 281 Å². The highest BCUT2D eigenvalue weighted by atomic mass is 32.2. The van der Waals surface area contributed by atoms with Crippen LogP contribution in [-0.4, -0.2) is 61.9 Å². The predicted octanol–water partition coefficient (Wildman–Crippen LogP) is 5.54. The summed E-state index contributed by atoms with van der Waals surface area (Å²) in [5.74, 6) is -1.52. The van der Waals surface area contributed by atoms with Crippen LogP contribution in [0.2, 0.25) is 0 Å². The van der Waals surface area contributed by atoms with Crippen LogP contribution in [0.15, 0.2) is 54.7 Å². The van der Waals surface area contributed by atoms with Crippen molar-refractivity contribution in [3.8, 4) is 17.0 Å². The van der Waals surface area contributed by atoms with Crippen molar-refractivity contribution in [1.29, 1.82) is 0 Å². The minimum absolute atomic E-state index is 0.00249. The molecule has 3 heterocycles. The minimum atomic E-state index is -5.05. The molecular weight excluding hydrogens is 667 g/mol. The van der Waals surface area contributed by atoms with Crippen LogP contribution in [0.1, 0.15) is 67.9 Å². The molecule has 6 rings (SSSR count). The molecule has 1 N–H and O–H groups in total. The summed E-state index contributed by atoms with van der Waals surface area (Å²) >= 11 is 0. The van der Waals surface area contributed by atoms with Gasteiger partial charge in [0, 0.05) is 18.1 Å². The van der Waals surface area contributed by atoms with E-state index in [9.17, 15) is 30.8 Å². The first-order chi connectivity index (χ1) is 22.8. The predicted molar refractivity (Wildman–Crippen MR) is 176 cm³/mol. The average Bonchev–Trinajstić information content (AvgIpc) is 3.73. The third kappa shape index (κ3) is 6.86. The lowest BCUT2D eigenvalue weighted by Gasteiger charge is -2.32. The molecule has 0 spiro atoms. The highest BCUT2D eigenvalue weighted by Crippen LogP contribution is 2.46. The van der Waals surface area contributed by atoms with Gasteiger partial charge in [-0.2, -0.15) is 5.10 Å². The molecule has 1 aliphatic carbocycles. The van der Waals surface area contributed by atoms with Gasteiger partial charge in [-0.15, -0.1) is 13.2 Å². The van der Waals surface area contributed by atoms with Crippen molar-refractivity contribution in [3.63, 3.8) is 0 Å². The highest BCUT2D eigenvalue weighted by molar-refractivity contribution is 7.92. The monoisotopic (exact) mass is 702 g/mol. The third-order valence-electron chi connectivity index (χ3n) is 9.18. The molecule has 10 nitrogen and oxygen atoms in total. The Morgan fingerprint density at radius 1 is 1.08 bits per heavy atom. The molecule has 0 atom stereocenters. The van der Waals surface area contributed by atoms with Crippen LogP contribution in [0.4, 0.5) is 23.2 Å². The number of nitrogens with zero attached hydrogens (tertiary/aromatic N) is 3. The molecule has 16 heteroatoms. The second-order valence-electron chi connectivity index (χ2n) is 13.3. The number of rotatable bonds is 9. The number of alkyl halides is 3. The van der Waals surface area contributed by atoms with Gasteiger partial charge in [0.1, 0.15) is 17.3 Å². The third-order valence-corrected chi connectivity index (χ3v) is 10.3. The Bertz CT molecular complexity index is 2030. The number of benzene rings is 2. The van der Waals surface area contributed by atoms with Crippen LogP contribution in [0.5, 0.6) is 5.75 Å². The number of carbonyl (C=O) groups is 1. The summed E-state index contributed by atoms with van der Waals surface area (Å²) in [6.07, 6.45) is -1.02. The molecule has 0 bridgehead atoms. The first kappa shape index (κ1) is 34.7. The number of pyridine rings is 1. The van der Waals surface area contributed by atoms with Gasteiger partial charge in [0.25, 0.3) is 5.91 Å². The lowest BCUT2D eigenvalue weighted by atomic mass is 9.78. The van der Waals surface area contributed by atoms with E-state index in [4.69, 9.17) is 9.31 Å². The highest BCUT2D eigenvalue weighted by Gasteiger charge is 2.53. The van der Waals surface area contributed by atoms with Crippen LogP contribution in [-0.2, 0) is 25.9 Å². The molecule has 2 aromatic heterocycles. The summed E-state index contributed by atoms with van der Waals surface area (Å²) in [5.41, 5.74) is 0.772. The Kier molecular flexibility index (Phi) is 8.51. The summed E-state index contributed by atoms with van der Waals surface area (Å²) in [6.45, 7) is 6.72. The fourth-order valence-electron chi connectivity index (χ4n) is 5.79. The zero-order valence-electron chi connectivity index (χ0n) is 27.7. The average molecular weight is 703 g/mol. The number of amides is 1. The molecule has 2 aromatic carbocycles. The second-order valence-corrected chi connectivity index (χ2v) is 15.2. The Balaban J connectivity index is 1.46. The fourth-order valence-corrected chi connectivity index (χ4v) is 6.68. The van der Waals surface area contributed by atoms with Crippen molar-refractivity contribution in [3.05, 3.63) is 77.2 Å². The summed E-state index contributed by atoms with van der Waals surface area (Å²) < 4.78 is 100. The first-order valence-electron chi connectivity index (χ1n) is 15.5.